The Morgan fingerprint density at radius 1 is 1.39 bits per heavy atom. The zero-order chi connectivity index (χ0) is 13.1. The van der Waals surface area contributed by atoms with E-state index in [4.69, 9.17) is 4.74 Å². The third-order valence-electron chi connectivity index (χ3n) is 2.64. The molecule has 0 aliphatic carbocycles. The van der Waals surface area contributed by atoms with Gasteiger partial charge in [-0.3, -0.25) is 0 Å². The molecule has 96 valence electrons. The van der Waals surface area contributed by atoms with Crippen LogP contribution in [0.2, 0.25) is 0 Å². The van der Waals surface area contributed by atoms with Crippen molar-refractivity contribution < 1.29 is 4.74 Å². The van der Waals surface area contributed by atoms with Gasteiger partial charge >= 0.3 is 0 Å². The summed E-state index contributed by atoms with van der Waals surface area (Å²) in [7, 11) is 3.56. The molecule has 0 radical (unpaired) electrons. The average molecular weight is 328 g/mol. The van der Waals surface area contributed by atoms with Crippen LogP contribution in [0.15, 0.2) is 22.7 Å². The molecule has 1 aromatic carbocycles. The maximum atomic E-state index is 5.37. The Morgan fingerprint density at radius 2 is 2.17 bits per heavy atom. The maximum Gasteiger partial charge on any atom is 0.151 e. The van der Waals surface area contributed by atoms with Crippen molar-refractivity contribution in [3.05, 3.63) is 27.7 Å². The first-order chi connectivity index (χ1) is 8.65. The lowest BCUT2D eigenvalue weighted by atomic mass is 10.2. The molecule has 1 aromatic heterocycles. The molecule has 0 aliphatic heterocycles. The molecule has 0 bridgehead atoms. The van der Waals surface area contributed by atoms with Crippen LogP contribution in [0, 0.1) is 0 Å². The number of benzene rings is 1. The smallest absolute Gasteiger partial charge is 0.151 e. The zero-order valence-electron chi connectivity index (χ0n) is 10.4. The number of methoxy groups -OCH3 is 1. The minimum atomic E-state index is 0.206. The molecule has 18 heavy (non-hydrogen) atoms. The van der Waals surface area contributed by atoms with Crippen LogP contribution >= 0.6 is 27.3 Å². The van der Waals surface area contributed by atoms with E-state index >= 15 is 0 Å². The summed E-state index contributed by atoms with van der Waals surface area (Å²) >= 11 is 5.00. The highest BCUT2D eigenvalue weighted by Crippen LogP contribution is 2.35. The van der Waals surface area contributed by atoms with Gasteiger partial charge in [0.05, 0.1) is 18.7 Å². The minimum absolute atomic E-state index is 0.206. The van der Waals surface area contributed by atoms with E-state index in [1.165, 1.54) is 0 Å². The first-order valence-corrected chi connectivity index (χ1v) is 7.11. The number of nitrogens with zero attached hydrogens (tertiary/aromatic N) is 2. The monoisotopic (exact) mass is 327 g/mol. The van der Waals surface area contributed by atoms with Crippen LogP contribution in [0.1, 0.15) is 18.0 Å². The Balaban J connectivity index is 2.39. The second-order valence-electron chi connectivity index (χ2n) is 3.80. The third kappa shape index (κ3) is 2.71. The van der Waals surface area contributed by atoms with Crippen molar-refractivity contribution >= 4 is 27.3 Å². The third-order valence-corrected chi connectivity index (χ3v) is 4.27. The molecule has 0 saturated carbocycles. The summed E-state index contributed by atoms with van der Waals surface area (Å²) in [4.78, 5) is 0. The molecule has 2 aromatic rings. The number of aromatic nitrogens is 2. The highest BCUT2D eigenvalue weighted by molar-refractivity contribution is 9.10. The van der Waals surface area contributed by atoms with Crippen molar-refractivity contribution in [2.45, 2.75) is 13.0 Å². The van der Waals surface area contributed by atoms with Crippen LogP contribution in [0.5, 0.6) is 5.75 Å². The summed E-state index contributed by atoms with van der Waals surface area (Å²) in [6, 6.07) is 6.09. The predicted octanol–water partition coefficient (Wildman–Crippen LogP) is 3.26. The lowest BCUT2D eigenvalue weighted by Crippen LogP contribution is -2.11. The van der Waals surface area contributed by atoms with Crippen molar-refractivity contribution in [1.82, 2.24) is 15.5 Å². The van der Waals surface area contributed by atoms with Crippen LogP contribution in [0.4, 0.5) is 0 Å². The Hall–Kier alpha value is -0.980. The van der Waals surface area contributed by atoms with Crippen molar-refractivity contribution in [2.75, 3.05) is 14.2 Å². The van der Waals surface area contributed by atoms with Gasteiger partial charge in [0.2, 0.25) is 0 Å². The lowest BCUT2D eigenvalue weighted by Gasteiger charge is -2.06. The van der Waals surface area contributed by atoms with Gasteiger partial charge in [-0.2, -0.15) is 0 Å². The summed E-state index contributed by atoms with van der Waals surface area (Å²) in [5.74, 6) is 0.796. The molecule has 0 saturated heterocycles. The van der Waals surface area contributed by atoms with Gasteiger partial charge in [-0.25, -0.2) is 0 Å². The molecule has 1 unspecified atom stereocenters. The molecule has 4 nitrogen and oxygen atoms in total. The summed E-state index contributed by atoms with van der Waals surface area (Å²) in [6.07, 6.45) is 0. The molecular formula is C12H14BrN3OS. The molecular weight excluding hydrogens is 314 g/mol. The largest absolute Gasteiger partial charge is 0.496 e. The number of nitrogens with one attached hydrogen (secondary N) is 1. The predicted molar refractivity (Wildman–Crippen MR) is 77.1 cm³/mol. The molecule has 0 spiro atoms. The SMILES string of the molecule is CNC(C)c1nnc(-c2ccc(Br)cc2OC)s1. The van der Waals surface area contributed by atoms with Crippen LogP contribution in [-0.2, 0) is 0 Å². The highest BCUT2D eigenvalue weighted by atomic mass is 79.9. The number of rotatable bonds is 4. The first kappa shape index (κ1) is 13.5. The number of ether oxygens (including phenoxy) is 1. The average Bonchev–Trinajstić information content (AvgIpc) is 2.87. The van der Waals surface area contributed by atoms with Crippen molar-refractivity contribution in [2.24, 2.45) is 0 Å². The van der Waals surface area contributed by atoms with Gasteiger partial charge in [0.25, 0.3) is 0 Å². The van der Waals surface area contributed by atoms with Gasteiger partial charge in [0.15, 0.2) is 5.01 Å². The van der Waals surface area contributed by atoms with Crippen LogP contribution in [0.3, 0.4) is 0 Å². The molecule has 1 atom stereocenters. The molecule has 2 rings (SSSR count). The van der Waals surface area contributed by atoms with Gasteiger partial charge in [0, 0.05) is 4.47 Å². The highest BCUT2D eigenvalue weighted by Gasteiger charge is 2.14. The van der Waals surface area contributed by atoms with Gasteiger partial charge in [-0.15, -0.1) is 10.2 Å². The van der Waals surface area contributed by atoms with Crippen LogP contribution in [-0.4, -0.2) is 24.4 Å². The summed E-state index contributed by atoms with van der Waals surface area (Å²) < 4.78 is 6.35. The van der Waals surface area contributed by atoms with Crippen molar-refractivity contribution in [3.8, 4) is 16.3 Å². The Bertz CT molecular complexity index is 544. The van der Waals surface area contributed by atoms with E-state index in [9.17, 15) is 0 Å². The molecule has 1 heterocycles. The normalized spacial score (nSPS) is 12.4. The second-order valence-corrected chi connectivity index (χ2v) is 5.73. The maximum absolute atomic E-state index is 5.37. The second kappa shape index (κ2) is 5.77. The van der Waals surface area contributed by atoms with Gasteiger partial charge < -0.3 is 10.1 Å². The zero-order valence-corrected chi connectivity index (χ0v) is 12.8. The van der Waals surface area contributed by atoms with Gasteiger partial charge in [-0.05, 0) is 32.2 Å². The van der Waals surface area contributed by atoms with E-state index in [0.29, 0.717) is 0 Å². The fraction of sp³-hybridized carbons (Fsp3) is 0.333. The van der Waals surface area contributed by atoms with Crippen LogP contribution in [0.25, 0.3) is 10.6 Å². The summed E-state index contributed by atoms with van der Waals surface area (Å²) in [5.41, 5.74) is 0.966. The molecule has 1 N–H and O–H groups in total. The summed E-state index contributed by atoms with van der Waals surface area (Å²) in [6.45, 7) is 2.06. The molecule has 0 fully saturated rings. The van der Waals surface area contributed by atoms with E-state index in [-0.39, 0.29) is 6.04 Å². The van der Waals surface area contributed by atoms with E-state index in [1.807, 2.05) is 25.2 Å². The molecule has 0 amide bonds. The van der Waals surface area contributed by atoms with Crippen molar-refractivity contribution in [3.63, 3.8) is 0 Å². The summed E-state index contributed by atoms with van der Waals surface area (Å²) in [5, 5.41) is 13.4. The van der Waals surface area contributed by atoms with E-state index in [1.54, 1.807) is 18.4 Å². The fourth-order valence-corrected chi connectivity index (χ4v) is 2.76. The Morgan fingerprint density at radius 3 is 2.83 bits per heavy atom. The lowest BCUT2D eigenvalue weighted by molar-refractivity contribution is 0.416. The number of halogens is 1. The Labute approximate surface area is 119 Å². The standard InChI is InChI=1S/C12H14BrN3OS/c1-7(14-2)11-15-16-12(18-11)9-5-4-8(13)6-10(9)17-3/h4-7,14H,1-3H3. The molecule has 6 heteroatoms. The first-order valence-electron chi connectivity index (χ1n) is 5.50. The van der Waals surface area contributed by atoms with E-state index in [2.05, 4.69) is 38.4 Å². The number of hydrogen-bond acceptors (Lipinski definition) is 5. The molecule has 0 aliphatic rings. The van der Waals surface area contributed by atoms with E-state index in [0.717, 1.165) is 25.8 Å². The number of hydrogen-bond donors (Lipinski definition) is 1. The van der Waals surface area contributed by atoms with Gasteiger partial charge in [0.1, 0.15) is 10.8 Å². The van der Waals surface area contributed by atoms with Crippen LogP contribution < -0.4 is 10.1 Å². The topological polar surface area (TPSA) is 47.0 Å². The van der Waals surface area contributed by atoms with Gasteiger partial charge in [-0.1, -0.05) is 27.3 Å². The fourth-order valence-electron chi connectivity index (χ4n) is 1.48. The quantitative estimate of drug-likeness (QED) is 0.936. The minimum Gasteiger partial charge on any atom is -0.496 e. The Kier molecular flexibility index (Phi) is 4.31. The van der Waals surface area contributed by atoms with Crippen molar-refractivity contribution in [1.29, 1.82) is 0 Å². The van der Waals surface area contributed by atoms with E-state index < -0.39 is 0 Å².